The first-order valence-corrected chi connectivity index (χ1v) is 13.4. The van der Waals surface area contributed by atoms with E-state index in [2.05, 4.69) is 30.6 Å². The largest absolute Gasteiger partial charge is 0.465 e. The van der Waals surface area contributed by atoms with Crippen LogP contribution in [0.2, 0.25) is 0 Å². The number of allylic oxidation sites excluding steroid dienone is 3. The van der Waals surface area contributed by atoms with E-state index in [-0.39, 0.29) is 11.9 Å². The molecule has 0 unspecified atom stereocenters. The number of carbonyl (C=O) groups is 2. The van der Waals surface area contributed by atoms with Gasteiger partial charge in [-0.2, -0.15) is 0 Å². The SMILES string of the molecule is CCCCCCNC1=CC(C(=O)OC)=CCC1=CCc1ccc(C(=O)OC)cc1NCCCCCC. The minimum atomic E-state index is -0.334. The molecule has 1 aliphatic carbocycles. The van der Waals surface area contributed by atoms with E-state index in [1.165, 1.54) is 52.7 Å². The van der Waals surface area contributed by atoms with Crippen molar-refractivity contribution >= 4 is 17.6 Å². The molecule has 1 aliphatic rings. The van der Waals surface area contributed by atoms with Crippen LogP contribution in [0.4, 0.5) is 5.69 Å². The standard InChI is InChI=1S/C30H44N2O4/c1-5-7-9-11-19-31-27-21-25(29(33)35-3)17-15-23(27)13-14-24-16-18-26(30(34)36-4)22-28(24)32-20-12-10-8-6-2/h13,16-18,21-22,31-32H,5-12,14-15,19-20H2,1-4H3. The van der Waals surface area contributed by atoms with E-state index in [0.29, 0.717) is 24.0 Å². The van der Waals surface area contributed by atoms with Crippen LogP contribution >= 0.6 is 0 Å². The summed E-state index contributed by atoms with van der Waals surface area (Å²) in [6, 6.07) is 5.71. The Labute approximate surface area is 217 Å². The molecule has 0 aliphatic heterocycles. The summed E-state index contributed by atoms with van der Waals surface area (Å²) in [5.74, 6) is -0.647. The fourth-order valence-electron chi connectivity index (χ4n) is 4.20. The van der Waals surface area contributed by atoms with Gasteiger partial charge in [-0.3, -0.25) is 0 Å². The zero-order valence-corrected chi connectivity index (χ0v) is 22.6. The van der Waals surface area contributed by atoms with E-state index in [4.69, 9.17) is 9.47 Å². The average molecular weight is 497 g/mol. The van der Waals surface area contributed by atoms with Gasteiger partial charge < -0.3 is 20.1 Å². The molecule has 0 amide bonds. The number of esters is 2. The Balaban J connectivity index is 2.19. The number of ether oxygens (including phenoxy) is 2. The van der Waals surface area contributed by atoms with Crippen LogP contribution in [-0.2, 0) is 20.7 Å². The minimum Gasteiger partial charge on any atom is -0.465 e. The molecular formula is C30H44N2O4. The average Bonchev–Trinajstić information content (AvgIpc) is 2.91. The fourth-order valence-corrected chi connectivity index (χ4v) is 4.20. The van der Waals surface area contributed by atoms with Gasteiger partial charge >= 0.3 is 11.9 Å². The Bertz CT molecular complexity index is 946. The maximum Gasteiger partial charge on any atom is 0.337 e. The van der Waals surface area contributed by atoms with Crippen LogP contribution in [0.5, 0.6) is 0 Å². The maximum atomic E-state index is 12.1. The van der Waals surface area contributed by atoms with Gasteiger partial charge in [0.1, 0.15) is 0 Å². The van der Waals surface area contributed by atoms with E-state index in [0.717, 1.165) is 48.5 Å². The molecule has 6 heteroatoms. The topological polar surface area (TPSA) is 76.7 Å². The molecular weight excluding hydrogens is 452 g/mol. The lowest BCUT2D eigenvalue weighted by atomic mass is 9.96. The van der Waals surface area contributed by atoms with Crippen molar-refractivity contribution in [1.82, 2.24) is 5.32 Å². The van der Waals surface area contributed by atoms with Gasteiger partial charge in [-0.25, -0.2) is 9.59 Å². The molecule has 0 saturated carbocycles. The number of unbranched alkanes of at least 4 members (excludes halogenated alkanes) is 6. The summed E-state index contributed by atoms with van der Waals surface area (Å²) in [7, 11) is 2.82. The van der Waals surface area contributed by atoms with Crippen LogP contribution < -0.4 is 10.6 Å². The van der Waals surface area contributed by atoms with Crippen LogP contribution in [0.15, 0.2) is 53.3 Å². The second kappa shape index (κ2) is 16.6. The van der Waals surface area contributed by atoms with Gasteiger partial charge in [0.2, 0.25) is 0 Å². The zero-order valence-electron chi connectivity index (χ0n) is 22.6. The van der Waals surface area contributed by atoms with Crippen molar-refractivity contribution in [2.45, 2.75) is 78.1 Å². The van der Waals surface area contributed by atoms with Gasteiger partial charge in [-0.05, 0) is 55.0 Å². The molecule has 2 N–H and O–H groups in total. The Hall–Kier alpha value is -3.02. The Kier molecular flexibility index (Phi) is 13.5. The number of anilines is 1. The number of rotatable bonds is 16. The smallest absolute Gasteiger partial charge is 0.337 e. The lowest BCUT2D eigenvalue weighted by Crippen LogP contribution is -2.20. The third-order valence-corrected chi connectivity index (χ3v) is 6.40. The molecule has 198 valence electrons. The minimum absolute atomic E-state index is 0.313. The zero-order chi connectivity index (χ0) is 26.2. The molecule has 0 aromatic heterocycles. The van der Waals surface area contributed by atoms with Crippen LogP contribution in [0.25, 0.3) is 0 Å². The predicted molar refractivity (Wildman–Crippen MR) is 147 cm³/mol. The van der Waals surface area contributed by atoms with Crippen LogP contribution in [0, 0.1) is 0 Å². The van der Waals surface area contributed by atoms with Crippen molar-refractivity contribution in [1.29, 1.82) is 0 Å². The summed E-state index contributed by atoms with van der Waals surface area (Å²) in [5, 5.41) is 7.08. The number of nitrogens with one attached hydrogen (secondary N) is 2. The van der Waals surface area contributed by atoms with Gasteiger partial charge in [0, 0.05) is 24.5 Å². The third kappa shape index (κ3) is 9.56. The Morgan fingerprint density at radius 1 is 0.889 bits per heavy atom. The third-order valence-electron chi connectivity index (χ3n) is 6.40. The van der Waals surface area contributed by atoms with E-state index in [1.807, 2.05) is 30.4 Å². The Morgan fingerprint density at radius 3 is 2.19 bits per heavy atom. The molecule has 6 nitrogen and oxygen atoms in total. The van der Waals surface area contributed by atoms with Crippen molar-refractivity contribution < 1.29 is 19.1 Å². The van der Waals surface area contributed by atoms with Gasteiger partial charge in [-0.1, -0.05) is 70.6 Å². The molecule has 0 atom stereocenters. The first kappa shape index (κ1) is 29.2. The first-order valence-electron chi connectivity index (χ1n) is 13.4. The second-order valence-corrected chi connectivity index (χ2v) is 9.19. The molecule has 36 heavy (non-hydrogen) atoms. The molecule has 0 spiro atoms. The fraction of sp³-hybridized carbons (Fsp3) is 0.533. The van der Waals surface area contributed by atoms with Crippen molar-refractivity contribution in [3.8, 4) is 0 Å². The molecule has 0 bridgehead atoms. The second-order valence-electron chi connectivity index (χ2n) is 9.19. The van der Waals surface area contributed by atoms with Gasteiger partial charge in [0.25, 0.3) is 0 Å². The normalized spacial score (nSPS) is 14.2. The summed E-state index contributed by atoms with van der Waals surface area (Å²) < 4.78 is 9.85. The first-order chi connectivity index (χ1) is 17.5. The number of hydrogen-bond acceptors (Lipinski definition) is 6. The van der Waals surface area contributed by atoms with Crippen molar-refractivity contribution in [2.24, 2.45) is 0 Å². The van der Waals surface area contributed by atoms with Gasteiger partial charge in [0.15, 0.2) is 0 Å². The molecule has 2 rings (SSSR count). The van der Waals surface area contributed by atoms with Crippen molar-refractivity contribution in [3.63, 3.8) is 0 Å². The van der Waals surface area contributed by atoms with Crippen molar-refractivity contribution in [3.05, 3.63) is 64.4 Å². The van der Waals surface area contributed by atoms with Crippen LogP contribution in [0.1, 0.15) is 87.6 Å². The Morgan fingerprint density at radius 2 is 1.56 bits per heavy atom. The van der Waals surface area contributed by atoms with E-state index in [1.54, 1.807) is 0 Å². The van der Waals surface area contributed by atoms with E-state index in [9.17, 15) is 9.59 Å². The summed E-state index contributed by atoms with van der Waals surface area (Å²) in [5.41, 5.74) is 5.35. The predicted octanol–water partition coefficient (Wildman–Crippen LogP) is 6.49. The summed E-state index contributed by atoms with van der Waals surface area (Å²) >= 11 is 0. The van der Waals surface area contributed by atoms with E-state index >= 15 is 0 Å². The maximum absolute atomic E-state index is 12.1. The van der Waals surface area contributed by atoms with Crippen LogP contribution in [0.3, 0.4) is 0 Å². The highest BCUT2D eigenvalue weighted by molar-refractivity contribution is 5.92. The molecule has 0 fully saturated rings. The number of carbonyl (C=O) groups excluding carboxylic acids is 2. The molecule has 0 heterocycles. The molecule has 0 saturated heterocycles. The van der Waals surface area contributed by atoms with Crippen LogP contribution in [-0.4, -0.2) is 39.2 Å². The van der Waals surface area contributed by atoms with Gasteiger partial charge in [0.05, 0.1) is 25.4 Å². The van der Waals surface area contributed by atoms with Gasteiger partial charge in [-0.15, -0.1) is 0 Å². The summed E-state index contributed by atoms with van der Waals surface area (Å²) in [6.07, 6.45) is 16.8. The number of benzene rings is 1. The lowest BCUT2D eigenvalue weighted by molar-refractivity contribution is -0.135. The molecule has 1 aromatic rings. The highest BCUT2D eigenvalue weighted by Gasteiger charge is 2.17. The van der Waals surface area contributed by atoms with E-state index < -0.39 is 0 Å². The quantitative estimate of drug-likeness (QED) is 0.201. The number of methoxy groups -OCH3 is 2. The lowest BCUT2D eigenvalue weighted by Gasteiger charge is -2.19. The summed E-state index contributed by atoms with van der Waals surface area (Å²) in [4.78, 5) is 24.2. The monoisotopic (exact) mass is 496 g/mol. The summed E-state index contributed by atoms with van der Waals surface area (Å²) in [6.45, 7) is 6.15. The molecule has 1 aromatic carbocycles. The molecule has 0 radical (unpaired) electrons. The highest BCUT2D eigenvalue weighted by Crippen LogP contribution is 2.25. The number of hydrogen-bond donors (Lipinski definition) is 2. The van der Waals surface area contributed by atoms with Crippen molar-refractivity contribution in [2.75, 3.05) is 32.6 Å². The highest BCUT2D eigenvalue weighted by atomic mass is 16.5.